The molecule has 40 heavy (non-hydrogen) atoms. The first-order valence-electron chi connectivity index (χ1n) is 11.7. The first-order chi connectivity index (χ1) is 18.8. The molecule has 12 nitrogen and oxygen atoms in total. The van der Waals surface area contributed by atoms with E-state index in [0.29, 0.717) is 11.5 Å². The number of pyridine rings is 1. The normalized spacial score (nSPS) is 12.7. The molecular weight excluding hydrogens is 553 g/mol. The van der Waals surface area contributed by atoms with E-state index in [4.69, 9.17) is 4.52 Å². The molecule has 5 aromatic rings. The summed E-state index contributed by atoms with van der Waals surface area (Å²) < 4.78 is 48.4. The van der Waals surface area contributed by atoms with E-state index in [1.807, 2.05) is 0 Å². The summed E-state index contributed by atoms with van der Waals surface area (Å²) in [5.41, 5.74) is -1.67. The fourth-order valence-electron chi connectivity index (χ4n) is 4.13. The summed E-state index contributed by atoms with van der Waals surface area (Å²) in [5.74, 6) is 0.0589. The zero-order valence-electron chi connectivity index (χ0n) is 21.5. The van der Waals surface area contributed by atoms with Gasteiger partial charge in [-0.1, -0.05) is 5.16 Å². The van der Waals surface area contributed by atoms with Crippen molar-refractivity contribution in [1.29, 1.82) is 0 Å². The smallest absolute Gasteiger partial charge is 0.361 e. The molecule has 0 fully saturated rings. The van der Waals surface area contributed by atoms with Crippen LogP contribution in [0, 0.1) is 13.8 Å². The zero-order chi connectivity index (χ0) is 28.9. The molecule has 0 spiro atoms. The number of carbonyl (C=O) groups excluding carboxylic acids is 1. The molecule has 1 amide bonds. The first-order valence-corrected chi connectivity index (χ1v) is 12.6. The molecule has 0 bridgehead atoms. The number of amides is 1. The van der Waals surface area contributed by atoms with E-state index < -0.39 is 34.9 Å². The molecule has 1 atom stereocenters. The van der Waals surface area contributed by atoms with Gasteiger partial charge < -0.3 is 14.4 Å². The highest BCUT2D eigenvalue weighted by Crippen LogP contribution is 2.35. The lowest BCUT2D eigenvalue weighted by Gasteiger charge is -2.14. The van der Waals surface area contributed by atoms with E-state index in [1.165, 1.54) is 47.9 Å². The number of nitrogens with one attached hydrogen (secondary N) is 1. The number of fused-ring (bicyclic) bond motifs is 1. The average Bonchev–Trinajstić information content (AvgIpc) is 3.64. The van der Waals surface area contributed by atoms with E-state index in [2.05, 4.69) is 25.4 Å². The number of nitrogens with zero attached hydrogens (tertiary/aromatic N) is 7. The van der Waals surface area contributed by atoms with Crippen LogP contribution in [-0.4, -0.2) is 39.7 Å². The lowest BCUT2D eigenvalue weighted by atomic mass is 10.1. The van der Waals surface area contributed by atoms with Gasteiger partial charge in [0.05, 0.1) is 18.4 Å². The Hall–Kier alpha value is -4.60. The number of anilines is 1. The zero-order valence-corrected chi connectivity index (χ0v) is 22.3. The predicted molar refractivity (Wildman–Crippen MR) is 138 cm³/mol. The van der Waals surface area contributed by atoms with Crippen molar-refractivity contribution in [1.82, 2.24) is 33.8 Å². The van der Waals surface area contributed by atoms with Gasteiger partial charge in [0.25, 0.3) is 5.56 Å². The lowest BCUT2D eigenvalue weighted by molar-refractivity contribution is -0.138. The van der Waals surface area contributed by atoms with Crippen molar-refractivity contribution < 1.29 is 22.5 Å². The standard InChI is InChI=1S/C24H21F3N8O4S/c1-11-5-15(32-39-11)8-34-22(37)18-19(33(4)23(34)38)29-10-35(18)13(3)20(36)30-17-9-40-21(31-17)14-6-16(24(25,26)27)12(2)28-7-14/h5-7,9-10,13H,8H2,1-4H3,(H,30,36)/t13-/m0/s1. The first kappa shape index (κ1) is 27.0. The van der Waals surface area contributed by atoms with E-state index in [-0.39, 0.29) is 39.8 Å². The van der Waals surface area contributed by atoms with E-state index >= 15 is 0 Å². The highest BCUT2D eigenvalue weighted by Gasteiger charge is 2.33. The molecule has 0 aliphatic heterocycles. The molecule has 1 N–H and O–H groups in total. The summed E-state index contributed by atoms with van der Waals surface area (Å²) in [6, 6.07) is 1.59. The Morgan fingerprint density at radius 2 is 1.95 bits per heavy atom. The molecular formula is C24H21F3N8O4S. The van der Waals surface area contributed by atoms with Crippen LogP contribution in [0.15, 0.2) is 44.1 Å². The molecule has 16 heteroatoms. The minimum Gasteiger partial charge on any atom is -0.361 e. The third-order valence-electron chi connectivity index (χ3n) is 6.25. The van der Waals surface area contributed by atoms with Crippen LogP contribution >= 0.6 is 11.3 Å². The Bertz CT molecular complexity index is 1880. The Morgan fingerprint density at radius 1 is 1.20 bits per heavy atom. The molecule has 0 aliphatic carbocycles. The van der Waals surface area contributed by atoms with Gasteiger partial charge in [0, 0.05) is 35.9 Å². The molecule has 0 radical (unpaired) electrons. The van der Waals surface area contributed by atoms with Crippen LogP contribution in [0.5, 0.6) is 0 Å². The minimum absolute atomic E-state index is 0.0225. The molecule has 0 aromatic carbocycles. The van der Waals surface area contributed by atoms with E-state index in [0.717, 1.165) is 22.0 Å². The van der Waals surface area contributed by atoms with Crippen molar-refractivity contribution in [3.8, 4) is 10.6 Å². The number of aromatic nitrogens is 7. The van der Waals surface area contributed by atoms with Crippen molar-refractivity contribution in [2.75, 3.05) is 5.32 Å². The number of carbonyl (C=O) groups is 1. The van der Waals surface area contributed by atoms with Crippen molar-refractivity contribution in [2.45, 2.75) is 39.5 Å². The highest BCUT2D eigenvalue weighted by atomic mass is 32.1. The number of hydrogen-bond acceptors (Lipinski definition) is 9. The monoisotopic (exact) mass is 574 g/mol. The van der Waals surface area contributed by atoms with Crippen LogP contribution in [0.2, 0.25) is 0 Å². The van der Waals surface area contributed by atoms with Gasteiger partial charge in [-0.2, -0.15) is 13.2 Å². The van der Waals surface area contributed by atoms with Crippen LogP contribution in [-0.2, 0) is 24.6 Å². The quantitative estimate of drug-likeness (QED) is 0.326. The number of alkyl halides is 3. The van der Waals surface area contributed by atoms with Gasteiger partial charge in [-0.15, -0.1) is 11.3 Å². The summed E-state index contributed by atoms with van der Waals surface area (Å²) in [5, 5.41) is 8.16. The fraction of sp³-hybridized carbons (Fsp3) is 0.292. The van der Waals surface area contributed by atoms with Crippen molar-refractivity contribution in [2.24, 2.45) is 7.05 Å². The van der Waals surface area contributed by atoms with Gasteiger partial charge in [0.15, 0.2) is 11.2 Å². The number of aryl methyl sites for hydroxylation is 3. The molecule has 208 valence electrons. The number of halogens is 3. The third kappa shape index (κ3) is 4.81. The molecule has 0 saturated carbocycles. The third-order valence-corrected chi connectivity index (χ3v) is 7.14. The fourth-order valence-corrected chi connectivity index (χ4v) is 4.87. The minimum atomic E-state index is -4.57. The molecule has 5 heterocycles. The van der Waals surface area contributed by atoms with Crippen LogP contribution in [0.25, 0.3) is 21.7 Å². The van der Waals surface area contributed by atoms with Crippen LogP contribution in [0.3, 0.4) is 0 Å². The van der Waals surface area contributed by atoms with Gasteiger partial charge in [0.2, 0.25) is 5.91 Å². The summed E-state index contributed by atoms with van der Waals surface area (Å²) in [7, 11) is 1.46. The van der Waals surface area contributed by atoms with Crippen molar-refractivity contribution in [3.63, 3.8) is 0 Å². The summed E-state index contributed by atoms with van der Waals surface area (Å²) in [4.78, 5) is 51.6. The van der Waals surface area contributed by atoms with Gasteiger partial charge in [-0.25, -0.2) is 14.8 Å². The maximum absolute atomic E-state index is 13.4. The number of imidazole rings is 1. The van der Waals surface area contributed by atoms with Crippen LogP contribution < -0.4 is 16.6 Å². The second-order valence-electron chi connectivity index (χ2n) is 9.04. The topological polar surface area (TPSA) is 143 Å². The Labute approximate surface area is 226 Å². The van der Waals surface area contributed by atoms with Crippen LogP contribution in [0.4, 0.5) is 19.0 Å². The summed E-state index contributed by atoms with van der Waals surface area (Å²) >= 11 is 1.03. The summed E-state index contributed by atoms with van der Waals surface area (Å²) in [6.07, 6.45) is -2.01. The van der Waals surface area contributed by atoms with E-state index in [1.54, 1.807) is 13.0 Å². The molecule has 5 rings (SSSR count). The molecule has 0 aliphatic rings. The number of hydrogen-bond donors (Lipinski definition) is 1. The number of thiazole rings is 1. The Kier molecular flexibility index (Phi) is 6.65. The maximum Gasteiger partial charge on any atom is 0.418 e. The van der Waals surface area contributed by atoms with E-state index in [9.17, 15) is 27.6 Å². The number of rotatable bonds is 6. The average molecular weight is 575 g/mol. The Morgan fingerprint density at radius 3 is 2.62 bits per heavy atom. The second-order valence-corrected chi connectivity index (χ2v) is 9.90. The second kappa shape index (κ2) is 9.86. The summed E-state index contributed by atoms with van der Waals surface area (Å²) in [6.45, 7) is 4.33. The SMILES string of the molecule is Cc1cc(Cn2c(=O)c3c(ncn3[C@@H](C)C(=O)Nc3csc(-c4cnc(C)c(C(F)(F)F)c4)n3)n(C)c2=O)no1. The van der Waals surface area contributed by atoms with Crippen molar-refractivity contribution in [3.05, 3.63) is 73.6 Å². The van der Waals surface area contributed by atoms with Crippen LogP contribution in [0.1, 0.15) is 35.7 Å². The Balaban J connectivity index is 1.43. The molecule has 0 saturated heterocycles. The van der Waals surface area contributed by atoms with Gasteiger partial charge >= 0.3 is 11.9 Å². The largest absolute Gasteiger partial charge is 0.418 e. The molecule has 0 unspecified atom stereocenters. The highest BCUT2D eigenvalue weighted by molar-refractivity contribution is 7.13. The van der Waals surface area contributed by atoms with Gasteiger partial charge in [0.1, 0.15) is 28.3 Å². The van der Waals surface area contributed by atoms with Gasteiger partial charge in [-0.3, -0.25) is 23.7 Å². The van der Waals surface area contributed by atoms with Gasteiger partial charge in [-0.05, 0) is 26.8 Å². The lowest BCUT2D eigenvalue weighted by Crippen LogP contribution is -2.40. The van der Waals surface area contributed by atoms with Crippen molar-refractivity contribution >= 4 is 34.2 Å². The predicted octanol–water partition coefficient (Wildman–Crippen LogP) is 3.29. The maximum atomic E-state index is 13.4. The molecule has 5 aromatic heterocycles.